The summed E-state index contributed by atoms with van der Waals surface area (Å²) in [7, 11) is 0. The maximum atomic E-state index is 11.6. The summed E-state index contributed by atoms with van der Waals surface area (Å²) < 4.78 is 10.4. The summed E-state index contributed by atoms with van der Waals surface area (Å²) in [5, 5.41) is 2.83. The Bertz CT molecular complexity index is 360. The van der Waals surface area contributed by atoms with E-state index in [9.17, 15) is 4.79 Å². The van der Waals surface area contributed by atoms with Gasteiger partial charge < -0.3 is 14.8 Å². The zero-order valence-corrected chi connectivity index (χ0v) is 9.89. The molecule has 92 valence electrons. The highest BCUT2D eigenvalue weighted by Gasteiger charge is 2.23. The molecule has 1 saturated heterocycles. The van der Waals surface area contributed by atoms with Crippen LogP contribution in [0, 0.1) is 5.92 Å². The number of carbonyl (C=O) groups excluding carboxylic acids is 1. The van der Waals surface area contributed by atoms with E-state index in [0.29, 0.717) is 18.3 Å². The van der Waals surface area contributed by atoms with Crippen LogP contribution in [-0.2, 0) is 4.74 Å². The zero-order valence-electron chi connectivity index (χ0n) is 9.89. The van der Waals surface area contributed by atoms with Crippen LogP contribution in [0.4, 0.5) is 4.79 Å². The van der Waals surface area contributed by atoms with Gasteiger partial charge in [0.25, 0.3) is 0 Å². The van der Waals surface area contributed by atoms with Crippen molar-refractivity contribution in [1.82, 2.24) is 5.32 Å². The third kappa shape index (κ3) is 3.46. The van der Waals surface area contributed by atoms with Crippen molar-refractivity contribution >= 4 is 6.09 Å². The van der Waals surface area contributed by atoms with Gasteiger partial charge in [-0.05, 0) is 25.5 Å². The lowest BCUT2D eigenvalue weighted by atomic mass is 10.0. The molecule has 1 fully saturated rings. The molecule has 0 bridgehead atoms. The van der Waals surface area contributed by atoms with E-state index in [2.05, 4.69) is 5.32 Å². The molecule has 2 unspecified atom stereocenters. The molecule has 4 heteroatoms. The number of para-hydroxylation sites is 1. The molecule has 1 aliphatic rings. The number of ether oxygens (including phenoxy) is 2. The van der Waals surface area contributed by atoms with Crippen LogP contribution in [0.25, 0.3) is 0 Å². The van der Waals surface area contributed by atoms with E-state index >= 15 is 0 Å². The molecule has 0 radical (unpaired) electrons. The van der Waals surface area contributed by atoms with E-state index < -0.39 is 6.09 Å². The topological polar surface area (TPSA) is 47.6 Å². The first kappa shape index (κ1) is 11.9. The van der Waals surface area contributed by atoms with E-state index in [4.69, 9.17) is 9.47 Å². The fourth-order valence-corrected chi connectivity index (χ4v) is 1.88. The summed E-state index contributed by atoms with van der Waals surface area (Å²) in [6, 6.07) is 9.12. The minimum absolute atomic E-state index is 0.0775. The Kier molecular flexibility index (Phi) is 3.98. The molecule has 1 aliphatic heterocycles. The van der Waals surface area contributed by atoms with E-state index in [1.165, 1.54) is 0 Å². The third-order valence-corrected chi connectivity index (χ3v) is 2.97. The van der Waals surface area contributed by atoms with Gasteiger partial charge in [0.05, 0.1) is 6.61 Å². The second-order valence-electron chi connectivity index (χ2n) is 4.26. The molecule has 0 saturated carbocycles. The van der Waals surface area contributed by atoms with Gasteiger partial charge in [-0.25, -0.2) is 4.79 Å². The van der Waals surface area contributed by atoms with Crippen LogP contribution in [0.3, 0.4) is 0 Å². The lowest BCUT2D eigenvalue weighted by Gasteiger charge is -2.18. The van der Waals surface area contributed by atoms with Crippen LogP contribution >= 0.6 is 0 Å². The molecule has 17 heavy (non-hydrogen) atoms. The second-order valence-corrected chi connectivity index (χ2v) is 4.26. The predicted octanol–water partition coefficient (Wildman–Crippen LogP) is 2.20. The highest BCUT2D eigenvalue weighted by atomic mass is 16.6. The van der Waals surface area contributed by atoms with Crippen molar-refractivity contribution in [2.45, 2.75) is 19.4 Å². The standard InChI is InChI=1S/C13H17NO3/c1-10(11-7-8-16-9-11)14-13(15)17-12-5-3-2-4-6-12/h2-6,10-11H,7-9H2,1H3,(H,14,15). The average molecular weight is 235 g/mol. The van der Waals surface area contributed by atoms with Crippen molar-refractivity contribution < 1.29 is 14.3 Å². The SMILES string of the molecule is CC(NC(=O)Oc1ccccc1)C1CCOC1. The summed E-state index contributed by atoms with van der Waals surface area (Å²) >= 11 is 0. The van der Waals surface area contributed by atoms with Crippen molar-refractivity contribution in [2.75, 3.05) is 13.2 Å². The van der Waals surface area contributed by atoms with Crippen molar-refractivity contribution in [3.8, 4) is 5.75 Å². The fraction of sp³-hybridized carbons (Fsp3) is 0.462. The number of amides is 1. The molecular formula is C13H17NO3. The molecule has 0 aromatic heterocycles. The van der Waals surface area contributed by atoms with Crippen LogP contribution in [0.15, 0.2) is 30.3 Å². The molecule has 1 N–H and O–H groups in total. The van der Waals surface area contributed by atoms with Gasteiger partial charge in [-0.15, -0.1) is 0 Å². The van der Waals surface area contributed by atoms with E-state index in [-0.39, 0.29) is 6.04 Å². The third-order valence-electron chi connectivity index (χ3n) is 2.97. The zero-order chi connectivity index (χ0) is 12.1. The number of hydrogen-bond donors (Lipinski definition) is 1. The number of carbonyl (C=O) groups is 1. The summed E-state index contributed by atoms with van der Waals surface area (Å²) in [6.07, 6.45) is 0.586. The molecule has 2 rings (SSSR count). The number of hydrogen-bond acceptors (Lipinski definition) is 3. The van der Waals surface area contributed by atoms with Crippen LogP contribution in [-0.4, -0.2) is 25.3 Å². The smallest absolute Gasteiger partial charge is 0.410 e. The van der Waals surface area contributed by atoms with Gasteiger partial charge in [-0.3, -0.25) is 0 Å². The Hall–Kier alpha value is -1.55. The summed E-state index contributed by atoms with van der Waals surface area (Å²) in [5.74, 6) is 0.943. The first-order valence-corrected chi connectivity index (χ1v) is 5.87. The summed E-state index contributed by atoms with van der Waals surface area (Å²) in [6.45, 7) is 3.48. The predicted molar refractivity (Wildman–Crippen MR) is 64.0 cm³/mol. The first-order valence-electron chi connectivity index (χ1n) is 5.87. The minimum atomic E-state index is -0.407. The van der Waals surface area contributed by atoms with Crippen LogP contribution in [0.2, 0.25) is 0 Å². The first-order chi connectivity index (χ1) is 8.25. The van der Waals surface area contributed by atoms with Crippen molar-refractivity contribution in [3.05, 3.63) is 30.3 Å². The lowest BCUT2D eigenvalue weighted by molar-refractivity contribution is 0.171. The van der Waals surface area contributed by atoms with Gasteiger partial charge in [0.15, 0.2) is 0 Å². The van der Waals surface area contributed by atoms with Gasteiger partial charge >= 0.3 is 6.09 Å². The fourth-order valence-electron chi connectivity index (χ4n) is 1.88. The summed E-state index contributed by atoms with van der Waals surface area (Å²) in [5.41, 5.74) is 0. The molecule has 1 aromatic rings. The molecule has 0 spiro atoms. The van der Waals surface area contributed by atoms with E-state index in [1.807, 2.05) is 25.1 Å². The maximum absolute atomic E-state index is 11.6. The highest BCUT2D eigenvalue weighted by Crippen LogP contribution is 2.16. The molecule has 1 aromatic carbocycles. The minimum Gasteiger partial charge on any atom is -0.410 e. The second kappa shape index (κ2) is 5.68. The molecule has 1 amide bonds. The Labute approximate surface area is 101 Å². The van der Waals surface area contributed by atoms with E-state index in [1.54, 1.807) is 12.1 Å². The number of rotatable bonds is 3. The van der Waals surface area contributed by atoms with Gasteiger partial charge in [0.1, 0.15) is 5.75 Å². The Balaban J connectivity index is 1.80. The monoisotopic (exact) mass is 235 g/mol. The highest BCUT2D eigenvalue weighted by molar-refractivity contribution is 5.70. The van der Waals surface area contributed by atoms with E-state index in [0.717, 1.165) is 13.0 Å². The Morgan fingerprint density at radius 2 is 2.24 bits per heavy atom. The average Bonchev–Trinajstić information content (AvgIpc) is 2.83. The molecule has 2 atom stereocenters. The van der Waals surface area contributed by atoms with Crippen LogP contribution < -0.4 is 10.1 Å². The van der Waals surface area contributed by atoms with Gasteiger partial charge in [0.2, 0.25) is 0 Å². The number of benzene rings is 1. The summed E-state index contributed by atoms with van der Waals surface area (Å²) in [4.78, 5) is 11.6. The normalized spacial score (nSPS) is 20.9. The van der Waals surface area contributed by atoms with Crippen LogP contribution in [0.5, 0.6) is 5.75 Å². The van der Waals surface area contributed by atoms with Crippen LogP contribution in [0.1, 0.15) is 13.3 Å². The van der Waals surface area contributed by atoms with Gasteiger partial charge in [-0.2, -0.15) is 0 Å². The number of nitrogens with one attached hydrogen (secondary N) is 1. The Morgan fingerprint density at radius 1 is 1.47 bits per heavy atom. The van der Waals surface area contributed by atoms with Gasteiger partial charge in [0, 0.05) is 18.6 Å². The molecule has 0 aliphatic carbocycles. The largest absolute Gasteiger partial charge is 0.412 e. The Morgan fingerprint density at radius 3 is 2.88 bits per heavy atom. The van der Waals surface area contributed by atoms with Crippen molar-refractivity contribution in [2.24, 2.45) is 5.92 Å². The molecule has 1 heterocycles. The van der Waals surface area contributed by atoms with Crippen molar-refractivity contribution in [3.63, 3.8) is 0 Å². The molecular weight excluding hydrogens is 218 g/mol. The molecule has 4 nitrogen and oxygen atoms in total. The quantitative estimate of drug-likeness (QED) is 0.873. The van der Waals surface area contributed by atoms with Crippen molar-refractivity contribution in [1.29, 1.82) is 0 Å². The lowest BCUT2D eigenvalue weighted by Crippen LogP contribution is -2.39. The maximum Gasteiger partial charge on any atom is 0.412 e. The van der Waals surface area contributed by atoms with Gasteiger partial charge in [-0.1, -0.05) is 18.2 Å².